The highest BCUT2D eigenvalue weighted by atomic mass is 79.9. The van der Waals surface area contributed by atoms with Crippen LogP contribution < -0.4 is 10.1 Å². The van der Waals surface area contributed by atoms with E-state index in [1.165, 1.54) is 0 Å². The summed E-state index contributed by atoms with van der Waals surface area (Å²) in [6.07, 6.45) is -0.797. The number of benzene rings is 2. The normalized spacial score (nSPS) is 11.5. The van der Waals surface area contributed by atoms with Gasteiger partial charge in [0.05, 0.1) is 0 Å². The lowest BCUT2D eigenvalue weighted by Crippen LogP contribution is -2.29. The van der Waals surface area contributed by atoms with Gasteiger partial charge in [0, 0.05) is 10.2 Å². The van der Waals surface area contributed by atoms with Gasteiger partial charge in [0.15, 0.2) is 12.7 Å². The van der Waals surface area contributed by atoms with Crippen LogP contribution in [0.15, 0.2) is 53.0 Å². The molecule has 0 bridgehead atoms. The summed E-state index contributed by atoms with van der Waals surface area (Å²) >= 11 is 3.40. The number of amides is 1. The molecule has 0 aromatic heterocycles. The molecule has 2 aromatic rings. The first kappa shape index (κ1) is 18.0. The van der Waals surface area contributed by atoms with Crippen LogP contribution in [0.4, 0.5) is 5.69 Å². The highest BCUT2D eigenvalue weighted by Gasteiger charge is 2.17. The van der Waals surface area contributed by atoms with Gasteiger partial charge in [0.1, 0.15) is 5.75 Å². The van der Waals surface area contributed by atoms with E-state index in [0.717, 1.165) is 10.0 Å². The number of nitrogens with one attached hydrogen (secondary N) is 1. The van der Waals surface area contributed by atoms with Crippen LogP contribution >= 0.6 is 15.9 Å². The number of halogens is 1. The third kappa shape index (κ3) is 5.38. The van der Waals surface area contributed by atoms with Crippen molar-refractivity contribution >= 4 is 33.5 Å². The highest BCUT2D eigenvalue weighted by molar-refractivity contribution is 9.10. The van der Waals surface area contributed by atoms with Crippen LogP contribution in [0.3, 0.4) is 0 Å². The first-order chi connectivity index (χ1) is 11.5. The van der Waals surface area contributed by atoms with E-state index in [9.17, 15) is 9.59 Å². The van der Waals surface area contributed by atoms with E-state index in [0.29, 0.717) is 11.4 Å². The number of hydrogen-bond acceptors (Lipinski definition) is 4. The number of esters is 1. The first-order valence-corrected chi connectivity index (χ1v) is 8.19. The molecule has 0 radical (unpaired) electrons. The molecule has 0 aliphatic rings. The number of carbonyl (C=O) groups excluding carboxylic acids is 2. The molecule has 126 valence electrons. The van der Waals surface area contributed by atoms with Gasteiger partial charge in [0.25, 0.3) is 5.91 Å². The van der Waals surface area contributed by atoms with Gasteiger partial charge < -0.3 is 14.8 Å². The topological polar surface area (TPSA) is 64.6 Å². The smallest absolute Gasteiger partial charge is 0.347 e. The lowest BCUT2D eigenvalue weighted by molar-refractivity contribution is -0.153. The second-order valence-corrected chi connectivity index (χ2v) is 6.05. The largest absolute Gasteiger partial charge is 0.479 e. The van der Waals surface area contributed by atoms with Crippen LogP contribution in [0.25, 0.3) is 0 Å². The maximum atomic E-state index is 11.9. The van der Waals surface area contributed by atoms with Crippen molar-refractivity contribution in [2.24, 2.45) is 0 Å². The van der Waals surface area contributed by atoms with Crippen LogP contribution in [0.2, 0.25) is 0 Å². The molecule has 24 heavy (non-hydrogen) atoms. The summed E-state index contributed by atoms with van der Waals surface area (Å²) in [4.78, 5) is 23.7. The minimum absolute atomic E-state index is 0.368. The van der Waals surface area contributed by atoms with Crippen LogP contribution in [0, 0.1) is 6.92 Å². The molecule has 0 saturated carbocycles. The van der Waals surface area contributed by atoms with Crippen LogP contribution in [0.1, 0.15) is 12.5 Å². The minimum atomic E-state index is -0.797. The molecular formula is C18H18BrNO4. The van der Waals surface area contributed by atoms with E-state index in [2.05, 4.69) is 21.2 Å². The Morgan fingerprint density at radius 2 is 1.88 bits per heavy atom. The Balaban J connectivity index is 1.80. The lowest BCUT2D eigenvalue weighted by atomic mass is 10.2. The molecule has 0 fully saturated rings. The fraction of sp³-hybridized carbons (Fsp3) is 0.222. The second kappa shape index (κ2) is 8.49. The van der Waals surface area contributed by atoms with Crippen molar-refractivity contribution in [1.82, 2.24) is 0 Å². The van der Waals surface area contributed by atoms with Gasteiger partial charge in [-0.05, 0) is 43.7 Å². The second-order valence-electron chi connectivity index (χ2n) is 5.19. The molecule has 0 spiro atoms. The number of aryl methyl sites for hydroxylation is 1. The quantitative estimate of drug-likeness (QED) is 0.762. The van der Waals surface area contributed by atoms with Gasteiger partial charge in [0.2, 0.25) is 0 Å². The average Bonchev–Trinajstić information content (AvgIpc) is 2.57. The third-order valence-electron chi connectivity index (χ3n) is 3.19. The number of hydrogen-bond donors (Lipinski definition) is 1. The fourth-order valence-electron chi connectivity index (χ4n) is 1.87. The molecule has 0 unspecified atom stereocenters. The van der Waals surface area contributed by atoms with E-state index in [-0.39, 0.29) is 6.61 Å². The summed E-state index contributed by atoms with van der Waals surface area (Å²) in [6.45, 7) is 3.16. The summed E-state index contributed by atoms with van der Waals surface area (Å²) < 4.78 is 11.3. The molecule has 0 aliphatic heterocycles. The predicted octanol–water partition coefficient (Wildman–Crippen LogP) is 3.71. The summed E-state index contributed by atoms with van der Waals surface area (Å²) in [5.41, 5.74) is 1.69. The monoisotopic (exact) mass is 391 g/mol. The summed E-state index contributed by atoms with van der Waals surface area (Å²) in [7, 11) is 0. The zero-order chi connectivity index (χ0) is 17.5. The Morgan fingerprint density at radius 3 is 2.54 bits per heavy atom. The van der Waals surface area contributed by atoms with E-state index in [1.54, 1.807) is 43.3 Å². The van der Waals surface area contributed by atoms with Crippen molar-refractivity contribution in [2.75, 3.05) is 11.9 Å². The van der Waals surface area contributed by atoms with Gasteiger partial charge in [-0.1, -0.05) is 40.2 Å². The number of anilines is 1. The van der Waals surface area contributed by atoms with Gasteiger partial charge in [-0.15, -0.1) is 0 Å². The fourth-order valence-corrected chi connectivity index (χ4v) is 2.25. The number of rotatable bonds is 6. The molecule has 6 heteroatoms. The Bertz CT molecular complexity index is 718. The van der Waals surface area contributed by atoms with Crippen LogP contribution in [-0.4, -0.2) is 24.6 Å². The van der Waals surface area contributed by atoms with Crippen molar-refractivity contribution in [2.45, 2.75) is 20.0 Å². The zero-order valence-corrected chi connectivity index (χ0v) is 15.0. The minimum Gasteiger partial charge on any atom is -0.479 e. The number of para-hydroxylation sites is 1. The van der Waals surface area contributed by atoms with Crippen LogP contribution in [-0.2, 0) is 14.3 Å². The molecule has 2 rings (SSSR count). The van der Waals surface area contributed by atoms with Gasteiger partial charge >= 0.3 is 5.97 Å². The molecule has 0 aliphatic carbocycles. The number of ether oxygens (including phenoxy) is 2. The lowest BCUT2D eigenvalue weighted by Gasteiger charge is -2.14. The van der Waals surface area contributed by atoms with Gasteiger partial charge in [-0.3, -0.25) is 4.79 Å². The molecule has 5 nitrogen and oxygen atoms in total. The molecular weight excluding hydrogens is 374 g/mol. The number of carbonyl (C=O) groups is 2. The summed E-state index contributed by atoms with van der Waals surface area (Å²) in [5.74, 6) is -0.444. The third-order valence-corrected chi connectivity index (χ3v) is 4.04. The van der Waals surface area contributed by atoms with Crippen molar-refractivity contribution in [1.29, 1.82) is 0 Å². The molecule has 1 amide bonds. The average molecular weight is 392 g/mol. The van der Waals surface area contributed by atoms with Crippen molar-refractivity contribution in [3.8, 4) is 5.75 Å². The van der Waals surface area contributed by atoms with E-state index >= 15 is 0 Å². The Kier molecular flexibility index (Phi) is 6.37. The van der Waals surface area contributed by atoms with Crippen LogP contribution in [0.5, 0.6) is 5.75 Å². The highest BCUT2D eigenvalue weighted by Crippen LogP contribution is 2.20. The van der Waals surface area contributed by atoms with Gasteiger partial charge in [-0.25, -0.2) is 4.79 Å². The maximum absolute atomic E-state index is 11.9. The van der Waals surface area contributed by atoms with Gasteiger partial charge in [-0.2, -0.15) is 0 Å². The molecule has 2 aromatic carbocycles. The molecule has 1 atom stereocenters. The Morgan fingerprint density at radius 1 is 1.17 bits per heavy atom. The summed E-state index contributed by atoms with van der Waals surface area (Å²) in [5, 5.41) is 2.67. The predicted molar refractivity (Wildman–Crippen MR) is 95.0 cm³/mol. The first-order valence-electron chi connectivity index (χ1n) is 7.40. The molecule has 0 saturated heterocycles. The van der Waals surface area contributed by atoms with E-state index in [4.69, 9.17) is 9.47 Å². The van der Waals surface area contributed by atoms with Crippen molar-refractivity contribution in [3.63, 3.8) is 0 Å². The molecule has 1 N–H and O–H groups in total. The Labute approximate surface area is 149 Å². The summed E-state index contributed by atoms with van der Waals surface area (Å²) in [6, 6.07) is 14.4. The van der Waals surface area contributed by atoms with Crippen molar-refractivity contribution in [3.05, 3.63) is 58.6 Å². The maximum Gasteiger partial charge on any atom is 0.347 e. The standard InChI is InChI=1S/C18H18BrNO4/c1-12-8-9-14(10-16(12)19)20-17(21)11-23-18(22)13(2)24-15-6-4-3-5-7-15/h3-10,13H,11H2,1-2H3,(H,20,21)/t13-/m1/s1. The van der Waals surface area contributed by atoms with E-state index < -0.39 is 18.0 Å². The SMILES string of the molecule is Cc1ccc(NC(=O)COC(=O)[C@@H](C)Oc2ccccc2)cc1Br. The van der Waals surface area contributed by atoms with Crippen molar-refractivity contribution < 1.29 is 19.1 Å². The van der Waals surface area contributed by atoms with E-state index in [1.807, 2.05) is 19.1 Å². The zero-order valence-electron chi connectivity index (χ0n) is 13.4. The molecule has 0 heterocycles. The Hall–Kier alpha value is -2.34.